The second kappa shape index (κ2) is 11.2. The quantitative estimate of drug-likeness (QED) is 0.173. The Labute approximate surface area is 310 Å². The summed E-state index contributed by atoms with van der Waals surface area (Å²) >= 11 is 0. The van der Waals surface area contributed by atoms with Crippen LogP contribution < -0.4 is 0 Å². The number of fused-ring (bicyclic) bond motifs is 13. The van der Waals surface area contributed by atoms with Gasteiger partial charge < -0.3 is 8.83 Å². The van der Waals surface area contributed by atoms with Crippen molar-refractivity contribution in [2.75, 3.05) is 0 Å². The van der Waals surface area contributed by atoms with Crippen LogP contribution >= 0.6 is 0 Å². The zero-order chi connectivity index (χ0) is 35.3. The molecule has 0 N–H and O–H groups in total. The van der Waals surface area contributed by atoms with Crippen LogP contribution in [0.4, 0.5) is 0 Å². The van der Waals surface area contributed by atoms with Gasteiger partial charge in [-0.25, -0.2) is 0 Å². The number of rotatable bonds is 3. The molecule has 0 aliphatic heterocycles. The van der Waals surface area contributed by atoms with E-state index in [1.807, 2.05) is 12.1 Å². The Morgan fingerprint density at radius 1 is 0.259 bits per heavy atom. The molecule has 0 amide bonds. The van der Waals surface area contributed by atoms with Crippen LogP contribution in [0.15, 0.2) is 191 Å². The van der Waals surface area contributed by atoms with Gasteiger partial charge in [-0.05, 0) is 89.3 Å². The highest BCUT2D eigenvalue weighted by Crippen LogP contribution is 2.48. The average molecular weight is 687 g/mol. The van der Waals surface area contributed by atoms with Crippen LogP contribution in [0.2, 0.25) is 0 Å². The molecule has 0 saturated carbocycles. The van der Waals surface area contributed by atoms with Crippen molar-refractivity contribution >= 4 is 87.0 Å². The molecule has 0 aliphatic rings. The third-order valence-corrected chi connectivity index (χ3v) is 11.4. The zero-order valence-electron chi connectivity index (χ0n) is 29.1. The fourth-order valence-electron chi connectivity index (χ4n) is 9.17. The van der Waals surface area contributed by atoms with E-state index in [0.29, 0.717) is 0 Å². The molecular weight excluding hydrogens is 657 g/mol. The minimum atomic E-state index is 0.869. The molecule has 0 saturated heterocycles. The highest BCUT2D eigenvalue weighted by atomic mass is 16.3. The molecular formula is C52H30O2. The van der Waals surface area contributed by atoms with Crippen molar-refractivity contribution in [3.05, 3.63) is 182 Å². The molecule has 2 nitrogen and oxygen atoms in total. The van der Waals surface area contributed by atoms with Gasteiger partial charge in [0, 0.05) is 21.5 Å². The first kappa shape index (κ1) is 29.4. The molecule has 0 fully saturated rings. The summed E-state index contributed by atoms with van der Waals surface area (Å²) in [6.45, 7) is 0. The molecule has 2 heterocycles. The molecule has 0 unspecified atom stereocenters. The molecule has 12 rings (SSSR count). The summed E-state index contributed by atoms with van der Waals surface area (Å²) < 4.78 is 13.2. The van der Waals surface area contributed by atoms with Gasteiger partial charge in [0.05, 0.1) is 5.39 Å². The highest BCUT2D eigenvalue weighted by Gasteiger charge is 2.22. The van der Waals surface area contributed by atoms with Gasteiger partial charge >= 0.3 is 0 Å². The summed E-state index contributed by atoms with van der Waals surface area (Å²) in [5.41, 5.74) is 10.8. The van der Waals surface area contributed by atoms with Crippen LogP contribution in [0.5, 0.6) is 0 Å². The Balaban J connectivity index is 1.13. The third kappa shape index (κ3) is 4.05. The summed E-state index contributed by atoms with van der Waals surface area (Å²) in [6, 6.07) is 65.6. The number of furan rings is 2. The first-order valence-corrected chi connectivity index (χ1v) is 18.5. The van der Waals surface area contributed by atoms with Crippen LogP contribution in [-0.4, -0.2) is 0 Å². The number of hydrogen-bond donors (Lipinski definition) is 0. The van der Waals surface area contributed by atoms with E-state index in [4.69, 9.17) is 8.83 Å². The van der Waals surface area contributed by atoms with Gasteiger partial charge in [0.25, 0.3) is 0 Å². The first-order valence-electron chi connectivity index (χ1n) is 18.5. The predicted octanol–water partition coefficient (Wildman–Crippen LogP) is 15.1. The van der Waals surface area contributed by atoms with Crippen LogP contribution in [-0.2, 0) is 0 Å². The van der Waals surface area contributed by atoms with E-state index in [9.17, 15) is 0 Å². The summed E-state index contributed by atoms with van der Waals surface area (Å²) in [7, 11) is 0. The molecule has 250 valence electrons. The second-order valence-electron chi connectivity index (χ2n) is 14.3. The van der Waals surface area contributed by atoms with Gasteiger partial charge in [0.15, 0.2) is 0 Å². The molecule has 0 aliphatic carbocycles. The zero-order valence-corrected chi connectivity index (χ0v) is 29.1. The second-order valence-corrected chi connectivity index (χ2v) is 14.3. The lowest BCUT2D eigenvalue weighted by Gasteiger charge is -2.19. The van der Waals surface area contributed by atoms with Crippen molar-refractivity contribution < 1.29 is 8.83 Å². The maximum absolute atomic E-state index is 6.76. The van der Waals surface area contributed by atoms with E-state index in [-0.39, 0.29) is 0 Å². The normalized spacial score (nSPS) is 12.1. The number of hydrogen-bond acceptors (Lipinski definition) is 2. The minimum Gasteiger partial charge on any atom is -0.455 e. The Hall–Kier alpha value is -7.16. The van der Waals surface area contributed by atoms with Gasteiger partial charge in [-0.2, -0.15) is 0 Å². The molecule has 0 bridgehead atoms. The van der Waals surface area contributed by atoms with E-state index >= 15 is 0 Å². The van der Waals surface area contributed by atoms with Crippen LogP contribution in [0, 0.1) is 0 Å². The predicted molar refractivity (Wildman–Crippen MR) is 227 cm³/mol. The minimum absolute atomic E-state index is 0.869. The lowest BCUT2D eigenvalue weighted by molar-refractivity contribution is 0.665. The maximum atomic E-state index is 6.76. The molecule has 2 heteroatoms. The summed E-state index contributed by atoms with van der Waals surface area (Å²) in [5.74, 6) is 0. The monoisotopic (exact) mass is 686 g/mol. The SMILES string of the molecule is c1ccc(-c2c3ccccc3c(-c3ccc(-c4ccc5oc6c(c5c4)c4ccccc4c4oc5ccccc5c46)c4ccccc34)c3ccccc23)cc1. The van der Waals surface area contributed by atoms with Gasteiger partial charge in [-0.1, -0.05) is 164 Å². The molecule has 54 heavy (non-hydrogen) atoms. The van der Waals surface area contributed by atoms with Crippen molar-refractivity contribution in [2.24, 2.45) is 0 Å². The standard InChI is InChI=1S/C52H30O2/c1-2-14-31(15-3-1)47-36-18-6-8-20-38(36)48(39-21-9-7-19-37(39)47)41-28-27-33(34-16-4-5-17-35(34)41)32-26-29-46-44(30-32)49-40-22-10-11-23-42(40)51-50(52(49)54-46)43-24-12-13-25-45(43)53-51/h1-30H. The van der Waals surface area contributed by atoms with Crippen molar-refractivity contribution in [2.45, 2.75) is 0 Å². The van der Waals surface area contributed by atoms with Crippen LogP contribution in [0.1, 0.15) is 0 Å². The average Bonchev–Trinajstić information content (AvgIpc) is 3.82. The van der Waals surface area contributed by atoms with E-state index in [2.05, 4.69) is 170 Å². The summed E-state index contributed by atoms with van der Waals surface area (Å²) in [5, 5.41) is 14.0. The van der Waals surface area contributed by atoms with Gasteiger partial charge in [-0.15, -0.1) is 0 Å². The molecule has 0 spiro atoms. The lowest BCUT2D eigenvalue weighted by atomic mass is 9.84. The van der Waals surface area contributed by atoms with Crippen molar-refractivity contribution in [1.29, 1.82) is 0 Å². The van der Waals surface area contributed by atoms with Gasteiger partial charge in [-0.3, -0.25) is 0 Å². The summed E-state index contributed by atoms with van der Waals surface area (Å²) in [4.78, 5) is 0. The smallest absolute Gasteiger partial charge is 0.147 e. The first-order chi connectivity index (χ1) is 26.8. The Bertz CT molecular complexity index is 3430. The fourth-order valence-corrected chi connectivity index (χ4v) is 9.17. The van der Waals surface area contributed by atoms with Crippen LogP contribution in [0.3, 0.4) is 0 Å². The molecule has 0 radical (unpaired) electrons. The van der Waals surface area contributed by atoms with E-state index in [1.165, 1.54) is 60.1 Å². The Kier molecular flexibility index (Phi) is 6.09. The van der Waals surface area contributed by atoms with E-state index < -0.39 is 0 Å². The lowest BCUT2D eigenvalue weighted by Crippen LogP contribution is -1.92. The molecule has 2 aromatic heterocycles. The fraction of sp³-hybridized carbons (Fsp3) is 0. The highest BCUT2D eigenvalue weighted by molar-refractivity contribution is 6.34. The van der Waals surface area contributed by atoms with Crippen molar-refractivity contribution in [1.82, 2.24) is 0 Å². The maximum Gasteiger partial charge on any atom is 0.147 e. The van der Waals surface area contributed by atoms with Gasteiger partial charge in [0.1, 0.15) is 22.3 Å². The third-order valence-electron chi connectivity index (χ3n) is 11.4. The topological polar surface area (TPSA) is 26.3 Å². The van der Waals surface area contributed by atoms with Crippen molar-refractivity contribution in [3.8, 4) is 33.4 Å². The Morgan fingerprint density at radius 3 is 1.46 bits per heavy atom. The molecule has 0 atom stereocenters. The Morgan fingerprint density at radius 2 is 0.759 bits per heavy atom. The summed E-state index contributed by atoms with van der Waals surface area (Å²) in [6.07, 6.45) is 0. The molecule has 12 aromatic rings. The number of para-hydroxylation sites is 1. The van der Waals surface area contributed by atoms with Crippen molar-refractivity contribution in [3.63, 3.8) is 0 Å². The number of benzene rings is 10. The van der Waals surface area contributed by atoms with E-state index in [0.717, 1.165) is 60.2 Å². The largest absolute Gasteiger partial charge is 0.455 e. The van der Waals surface area contributed by atoms with Crippen LogP contribution in [0.25, 0.3) is 120 Å². The molecule has 10 aromatic carbocycles. The van der Waals surface area contributed by atoms with Gasteiger partial charge in [0.2, 0.25) is 0 Å². The van der Waals surface area contributed by atoms with E-state index in [1.54, 1.807) is 0 Å².